The average Bonchev–Trinajstić information content (AvgIpc) is 3.52. The summed E-state index contributed by atoms with van der Waals surface area (Å²) in [7, 11) is 0. The number of phenolic OH excluding ortho intramolecular Hbond substituents is 1. The molecule has 1 amide bonds. The summed E-state index contributed by atoms with van der Waals surface area (Å²) in [5, 5.41) is 11.1. The molecule has 150 valence electrons. The SMILES string of the molecule is Cc1nc(C2CC2)nc2sc(C(=O)N3CCN(c4ccccc4O)CC3)c(C)c12. The molecule has 1 aromatic carbocycles. The number of anilines is 1. The number of carbonyl (C=O) groups excluding carboxylic acids is 1. The number of phenols is 1. The number of nitrogens with zero attached hydrogens (tertiary/aromatic N) is 4. The molecule has 2 fully saturated rings. The molecule has 1 aliphatic heterocycles. The van der Waals surface area contributed by atoms with Crippen LogP contribution in [0.4, 0.5) is 5.69 Å². The summed E-state index contributed by atoms with van der Waals surface area (Å²) in [4.78, 5) is 28.5. The second-order valence-corrected chi connectivity index (χ2v) is 8.94. The van der Waals surface area contributed by atoms with Gasteiger partial charge in [0.2, 0.25) is 0 Å². The van der Waals surface area contributed by atoms with Gasteiger partial charge < -0.3 is 14.9 Å². The van der Waals surface area contributed by atoms with E-state index < -0.39 is 0 Å². The van der Waals surface area contributed by atoms with Crippen LogP contribution >= 0.6 is 11.3 Å². The molecular formula is C22H24N4O2S. The highest BCUT2D eigenvalue weighted by Gasteiger charge is 2.30. The normalized spacial score (nSPS) is 17.2. The highest BCUT2D eigenvalue weighted by atomic mass is 32.1. The number of aromatic nitrogens is 2. The first kappa shape index (κ1) is 18.4. The molecule has 29 heavy (non-hydrogen) atoms. The lowest BCUT2D eigenvalue weighted by molar-refractivity contribution is 0.0751. The van der Waals surface area contributed by atoms with Gasteiger partial charge in [-0.15, -0.1) is 11.3 Å². The van der Waals surface area contributed by atoms with Crippen molar-refractivity contribution >= 4 is 33.1 Å². The van der Waals surface area contributed by atoms with Crippen molar-refractivity contribution in [1.29, 1.82) is 0 Å². The van der Waals surface area contributed by atoms with E-state index in [1.54, 1.807) is 6.07 Å². The van der Waals surface area contributed by atoms with Gasteiger partial charge in [-0.2, -0.15) is 0 Å². The average molecular weight is 409 g/mol. The molecule has 2 aliphatic rings. The lowest BCUT2D eigenvalue weighted by Gasteiger charge is -2.36. The predicted molar refractivity (Wildman–Crippen MR) is 115 cm³/mol. The van der Waals surface area contributed by atoms with E-state index in [0.717, 1.165) is 37.9 Å². The maximum Gasteiger partial charge on any atom is 0.264 e. The monoisotopic (exact) mass is 408 g/mol. The molecule has 0 atom stereocenters. The fourth-order valence-electron chi connectivity index (χ4n) is 4.11. The molecule has 3 heterocycles. The first-order valence-corrected chi connectivity index (χ1v) is 10.9. The largest absolute Gasteiger partial charge is 0.506 e. The first-order valence-electron chi connectivity index (χ1n) is 10.1. The van der Waals surface area contributed by atoms with E-state index in [0.29, 0.717) is 32.1 Å². The third-order valence-electron chi connectivity index (χ3n) is 5.91. The number of fused-ring (bicyclic) bond motifs is 1. The number of rotatable bonds is 3. The minimum absolute atomic E-state index is 0.0785. The fourth-order valence-corrected chi connectivity index (χ4v) is 5.32. The number of piperazine rings is 1. The Kier molecular flexibility index (Phi) is 4.42. The van der Waals surface area contributed by atoms with E-state index >= 15 is 0 Å². The van der Waals surface area contributed by atoms with E-state index in [1.165, 1.54) is 24.2 Å². The van der Waals surface area contributed by atoms with Crippen molar-refractivity contribution in [1.82, 2.24) is 14.9 Å². The number of aryl methyl sites for hydroxylation is 2. The molecule has 1 saturated heterocycles. The van der Waals surface area contributed by atoms with E-state index in [-0.39, 0.29) is 11.7 Å². The van der Waals surface area contributed by atoms with Crippen LogP contribution in [0.5, 0.6) is 5.75 Å². The Morgan fingerprint density at radius 3 is 2.52 bits per heavy atom. The van der Waals surface area contributed by atoms with Gasteiger partial charge in [0.1, 0.15) is 16.4 Å². The van der Waals surface area contributed by atoms with Crippen molar-refractivity contribution in [3.63, 3.8) is 0 Å². The molecule has 1 N–H and O–H groups in total. The zero-order chi connectivity index (χ0) is 20.1. The highest BCUT2D eigenvalue weighted by molar-refractivity contribution is 7.20. The van der Waals surface area contributed by atoms with Gasteiger partial charge in [-0.05, 0) is 44.4 Å². The van der Waals surface area contributed by atoms with Crippen LogP contribution in [0.3, 0.4) is 0 Å². The van der Waals surface area contributed by atoms with Crippen LogP contribution < -0.4 is 4.90 Å². The fraction of sp³-hybridized carbons (Fsp3) is 0.409. The summed E-state index contributed by atoms with van der Waals surface area (Å²) in [5.74, 6) is 1.80. The molecule has 6 nitrogen and oxygen atoms in total. The summed E-state index contributed by atoms with van der Waals surface area (Å²) in [6.07, 6.45) is 2.34. The zero-order valence-corrected chi connectivity index (χ0v) is 17.5. The van der Waals surface area contributed by atoms with Gasteiger partial charge in [0.25, 0.3) is 5.91 Å². The Balaban J connectivity index is 1.37. The van der Waals surface area contributed by atoms with Crippen LogP contribution in [0.25, 0.3) is 10.2 Å². The third kappa shape index (κ3) is 3.23. The second kappa shape index (κ2) is 6.99. The molecule has 0 unspecified atom stereocenters. The zero-order valence-electron chi connectivity index (χ0n) is 16.7. The number of hydrogen-bond acceptors (Lipinski definition) is 6. The number of benzene rings is 1. The molecule has 0 bridgehead atoms. The van der Waals surface area contributed by atoms with E-state index in [9.17, 15) is 9.90 Å². The van der Waals surface area contributed by atoms with Gasteiger partial charge in [-0.3, -0.25) is 4.79 Å². The van der Waals surface area contributed by atoms with Crippen LogP contribution in [0.1, 0.15) is 45.5 Å². The minimum Gasteiger partial charge on any atom is -0.506 e. The van der Waals surface area contributed by atoms with Crippen molar-refractivity contribution in [2.45, 2.75) is 32.6 Å². The minimum atomic E-state index is 0.0785. The Bertz CT molecular complexity index is 1100. The second-order valence-electron chi connectivity index (χ2n) is 7.95. The van der Waals surface area contributed by atoms with Crippen LogP contribution in [-0.4, -0.2) is 52.1 Å². The Hall–Kier alpha value is -2.67. The number of thiophene rings is 1. The van der Waals surface area contributed by atoms with Crippen molar-refractivity contribution in [3.05, 3.63) is 46.2 Å². The van der Waals surface area contributed by atoms with Crippen LogP contribution in [0.2, 0.25) is 0 Å². The summed E-state index contributed by atoms with van der Waals surface area (Å²) in [6.45, 7) is 6.72. The molecule has 3 aromatic rings. The molecule has 1 aliphatic carbocycles. The molecule has 1 saturated carbocycles. The summed E-state index contributed by atoms with van der Waals surface area (Å²) >= 11 is 1.50. The molecule has 2 aromatic heterocycles. The van der Waals surface area contributed by atoms with Gasteiger partial charge >= 0.3 is 0 Å². The van der Waals surface area contributed by atoms with E-state index in [1.807, 2.05) is 36.9 Å². The Labute approximate surface area is 173 Å². The highest BCUT2D eigenvalue weighted by Crippen LogP contribution is 2.40. The van der Waals surface area contributed by atoms with E-state index in [4.69, 9.17) is 9.97 Å². The smallest absolute Gasteiger partial charge is 0.264 e. The van der Waals surface area contributed by atoms with Gasteiger partial charge in [0.05, 0.1) is 16.3 Å². The molecule has 7 heteroatoms. The van der Waals surface area contributed by atoms with Crippen LogP contribution in [0.15, 0.2) is 24.3 Å². The molecule has 5 rings (SSSR count). The summed E-state index contributed by atoms with van der Waals surface area (Å²) in [6, 6.07) is 7.36. The molecule has 0 radical (unpaired) electrons. The lowest BCUT2D eigenvalue weighted by atomic mass is 10.1. The van der Waals surface area contributed by atoms with Gasteiger partial charge in [-0.1, -0.05) is 12.1 Å². The van der Waals surface area contributed by atoms with Crippen LogP contribution in [-0.2, 0) is 0 Å². The van der Waals surface area contributed by atoms with Crippen molar-refractivity contribution < 1.29 is 9.90 Å². The maximum atomic E-state index is 13.3. The van der Waals surface area contributed by atoms with Crippen LogP contribution in [0, 0.1) is 13.8 Å². The number of amides is 1. The topological polar surface area (TPSA) is 69.6 Å². The first-order chi connectivity index (χ1) is 14.0. The predicted octanol–water partition coefficient (Wildman–Crippen LogP) is 3.85. The third-order valence-corrected chi connectivity index (χ3v) is 7.09. The Morgan fingerprint density at radius 2 is 1.83 bits per heavy atom. The van der Waals surface area contributed by atoms with Gasteiger partial charge in [0, 0.05) is 37.5 Å². The van der Waals surface area contributed by atoms with Gasteiger partial charge in [-0.25, -0.2) is 9.97 Å². The summed E-state index contributed by atoms with van der Waals surface area (Å²) < 4.78 is 0. The van der Waals surface area contributed by atoms with Crippen molar-refractivity contribution in [2.75, 3.05) is 31.1 Å². The number of aromatic hydroxyl groups is 1. The summed E-state index contributed by atoms with van der Waals surface area (Å²) in [5.41, 5.74) is 2.81. The number of hydrogen-bond donors (Lipinski definition) is 1. The lowest BCUT2D eigenvalue weighted by Crippen LogP contribution is -2.48. The van der Waals surface area contributed by atoms with Crippen molar-refractivity contribution in [3.8, 4) is 5.75 Å². The Morgan fingerprint density at radius 1 is 1.10 bits per heavy atom. The quantitative estimate of drug-likeness (QED) is 0.713. The standard InChI is InChI=1S/C22H24N4O2S/c1-13-18-14(2)23-20(15-7-8-15)24-21(18)29-19(13)22(28)26-11-9-25(10-12-26)16-5-3-4-6-17(16)27/h3-6,15,27H,7-12H2,1-2H3. The number of para-hydroxylation sites is 2. The van der Waals surface area contributed by atoms with Gasteiger partial charge in [0.15, 0.2) is 0 Å². The number of carbonyl (C=O) groups is 1. The van der Waals surface area contributed by atoms with Crippen molar-refractivity contribution in [2.24, 2.45) is 0 Å². The van der Waals surface area contributed by atoms with E-state index in [2.05, 4.69) is 4.90 Å². The maximum absolute atomic E-state index is 13.3. The molecule has 0 spiro atoms. The molecular weight excluding hydrogens is 384 g/mol.